The highest BCUT2D eigenvalue weighted by molar-refractivity contribution is 8.20. The van der Waals surface area contributed by atoms with Gasteiger partial charge in [-0.25, -0.2) is 19.3 Å². The molecule has 15 heteroatoms. The van der Waals surface area contributed by atoms with Gasteiger partial charge in [0.25, 0.3) is 5.91 Å². The van der Waals surface area contributed by atoms with Gasteiger partial charge in [-0.05, 0) is 36.6 Å². The first-order valence-electron chi connectivity index (χ1n) is 12.0. The molecule has 1 aliphatic carbocycles. The quantitative estimate of drug-likeness (QED) is 0.336. The second-order valence-corrected chi connectivity index (χ2v) is 12.8. The molecule has 12 nitrogen and oxygen atoms in total. The number of thioether (sulfide) groups is 3. The molecule has 0 aromatic rings. The summed E-state index contributed by atoms with van der Waals surface area (Å²) in [6.07, 6.45) is 5.84. The Balaban J connectivity index is 1.36. The van der Waals surface area contributed by atoms with Crippen molar-refractivity contribution in [3.63, 3.8) is 0 Å². The zero-order chi connectivity index (χ0) is 27.0. The lowest BCUT2D eigenvalue weighted by molar-refractivity contribution is -0.150. The van der Waals surface area contributed by atoms with E-state index < -0.39 is 47.3 Å². The second kappa shape index (κ2) is 11.1. The molecule has 5 rings (SSSR count). The average Bonchev–Trinajstić information content (AvgIpc) is 3.57. The van der Waals surface area contributed by atoms with E-state index in [-0.39, 0.29) is 16.9 Å². The molecular weight excluding hydrogens is 552 g/mol. The molecule has 0 bridgehead atoms. The minimum Gasteiger partial charge on any atom is -0.477 e. The van der Waals surface area contributed by atoms with Gasteiger partial charge in [0.05, 0.1) is 5.71 Å². The normalized spacial score (nSPS) is 27.1. The molecule has 6 amide bonds. The molecule has 4 heterocycles. The van der Waals surface area contributed by atoms with Crippen molar-refractivity contribution in [2.45, 2.75) is 35.5 Å². The Morgan fingerprint density at radius 1 is 1.21 bits per heavy atom. The molecule has 4 N–H and O–H groups in total. The van der Waals surface area contributed by atoms with Gasteiger partial charge in [0.2, 0.25) is 5.91 Å². The number of carboxylic acids is 1. The Labute approximate surface area is 231 Å². The Kier molecular flexibility index (Phi) is 7.77. The van der Waals surface area contributed by atoms with Crippen molar-refractivity contribution in [3.8, 4) is 0 Å². The summed E-state index contributed by atoms with van der Waals surface area (Å²) in [6.45, 7) is 2.14. The van der Waals surface area contributed by atoms with Crippen LogP contribution < -0.4 is 16.0 Å². The smallest absolute Gasteiger partial charge is 0.352 e. The molecular formula is C23H26N6O6S3. The first-order chi connectivity index (χ1) is 18.2. The molecule has 0 radical (unpaired) electrons. The number of β-lactam (4-membered cyclic amide) rings is 1. The number of nitrogens with zero attached hydrogens (tertiary/aromatic N) is 3. The van der Waals surface area contributed by atoms with Crippen LogP contribution in [0.15, 0.2) is 40.1 Å². The molecule has 0 aromatic heterocycles. The minimum absolute atomic E-state index is 0.0576. The highest BCUT2D eigenvalue weighted by Crippen LogP contribution is 2.40. The van der Waals surface area contributed by atoms with Gasteiger partial charge in [0.1, 0.15) is 27.9 Å². The van der Waals surface area contributed by atoms with Crippen molar-refractivity contribution >= 4 is 70.8 Å². The van der Waals surface area contributed by atoms with Crippen LogP contribution in [0.4, 0.5) is 9.59 Å². The fraction of sp³-hybridized carbons (Fsp3) is 0.478. The van der Waals surface area contributed by atoms with Gasteiger partial charge in [0, 0.05) is 30.3 Å². The molecule has 3 atom stereocenters. The van der Waals surface area contributed by atoms with Gasteiger partial charge in [0.15, 0.2) is 0 Å². The molecule has 3 saturated heterocycles. The Morgan fingerprint density at radius 3 is 2.66 bits per heavy atom. The molecule has 0 spiro atoms. The fourth-order valence-electron chi connectivity index (χ4n) is 4.64. The third kappa shape index (κ3) is 5.18. The molecule has 1 unspecified atom stereocenters. The lowest BCUT2D eigenvalue weighted by atomic mass is 9.95. The van der Waals surface area contributed by atoms with E-state index in [4.69, 9.17) is 4.99 Å². The van der Waals surface area contributed by atoms with Crippen LogP contribution in [0.2, 0.25) is 0 Å². The first kappa shape index (κ1) is 26.7. The highest BCUT2D eigenvalue weighted by atomic mass is 32.2. The zero-order valence-corrected chi connectivity index (χ0v) is 22.8. The van der Waals surface area contributed by atoms with Crippen molar-refractivity contribution in [2.75, 3.05) is 30.3 Å². The van der Waals surface area contributed by atoms with Gasteiger partial charge < -0.3 is 21.1 Å². The number of hydrogen-bond acceptors (Lipinski definition) is 9. The summed E-state index contributed by atoms with van der Waals surface area (Å²) in [5.74, 6) is 0.102. The lowest BCUT2D eigenvalue weighted by Gasteiger charge is -2.49. The van der Waals surface area contributed by atoms with Crippen LogP contribution in [0.3, 0.4) is 0 Å². The van der Waals surface area contributed by atoms with E-state index in [9.17, 15) is 29.1 Å². The van der Waals surface area contributed by atoms with Gasteiger partial charge in [-0.3, -0.25) is 19.5 Å². The standard InChI is InChI=1S/C23H26N6O6S3/c1-11-10-38-19-15(18(31)29(19)16(11)20(32)33)26-17(30)14(27-22(35)28-6-5-24-21(28)34)12-3-2-4-13(9-12)25-23-36-7-8-37-23/h2,4,9,14-15,19,23H,3,5-8,10H2,1H3,(H,24,34)(H,26,30)(H,27,35)(H,32,33)/t14?,15-,19-/m0/s1. The fourth-order valence-corrected chi connectivity index (χ4v) is 8.46. The first-order valence-corrected chi connectivity index (χ1v) is 15.1. The largest absolute Gasteiger partial charge is 0.477 e. The second-order valence-electron chi connectivity index (χ2n) is 9.02. The van der Waals surface area contributed by atoms with Crippen molar-refractivity contribution < 1.29 is 29.1 Å². The highest BCUT2D eigenvalue weighted by Gasteiger charge is 2.54. The van der Waals surface area contributed by atoms with Crippen molar-refractivity contribution in [3.05, 3.63) is 35.1 Å². The number of carboxylic acid groups (broad SMARTS) is 1. The number of allylic oxidation sites excluding steroid dienone is 3. The summed E-state index contributed by atoms with van der Waals surface area (Å²) in [4.78, 5) is 70.1. The number of rotatable bonds is 6. The summed E-state index contributed by atoms with van der Waals surface area (Å²) >= 11 is 4.84. The summed E-state index contributed by atoms with van der Waals surface area (Å²) in [6, 6.07) is -3.38. The van der Waals surface area contributed by atoms with Crippen molar-refractivity contribution in [1.29, 1.82) is 0 Å². The Hall–Kier alpha value is -2.91. The minimum atomic E-state index is -1.19. The monoisotopic (exact) mass is 578 g/mol. The molecule has 5 aliphatic rings. The zero-order valence-electron chi connectivity index (χ0n) is 20.3. The number of hydrogen-bond donors (Lipinski definition) is 4. The van der Waals surface area contributed by atoms with Crippen LogP contribution in [0.25, 0.3) is 0 Å². The van der Waals surface area contributed by atoms with Gasteiger partial charge >= 0.3 is 18.0 Å². The van der Waals surface area contributed by atoms with Crippen molar-refractivity contribution in [1.82, 2.24) is 25.8 Å². The van der Waals surface area contributed by atoms with Crippen molar-refractivity contribution in [2.24, 2.45) is 4.99 Å². The number of carbonyl (C=O) groups excluding carboxylic acids is 4. The van der Waals surface area contributed by atoms with Crippen LogP contribution in [0.1, 0.15) is 13.3 Å². The Morgan fingerprint density at radius 2 is 1.97 bits per heavy atom. The molecule has 202 valence electrons. The number of imide groups is 1. The summed E-state index contributed by atoms with van der Waals surface area (Å²) in [5.41, 5.74) is 1.75. The van der Waals surface area contributed by atoms with E-state index in [2.05, 4.69) is 16.0 Å². The van der Waals surface area contributed by atoms with Crippen LogP contribution in [-0.4, -0.2) is 103 Å². The molecule has 38 heavy (non-hydrogen) atoms. The maximum atomic E-state index is 13.6. The Bertz CT molecular complexity index is 1210. The molecule has 4 aliphatic heterocycles. The SMILES string of the molecule is CC1=C(C(=O)O)N2C(=O)[C@H](NC(=O)C(NC(=O)N3CCNC3=O)C3=CC(=NC4SCCS4)C=CC3)[C@@H]2SC1. The van der Waals surface area contributed by atoms with E-state index >= 15 is 0 Å². The third-order valence-corrected chi connectivity index (χ3v) is 10.7. The van der Waals surface area contributed by atoms with Crippen LogP contribution in [0, 0.1) is 0 Å². The number of nitrogens with one attached hydrogen (secondary N) is 3. The summed E-state index contributed by atoms with van der Waals surface area (Å²) in [7, 11) is 0. The number of aliphatic carboxylic acids is 1. The summed E-state index contributed by atoms with van der Waals surface area (Å²) < 4.78 is 0.0577. The number of amides is 6. The lowest BCUT2D eigenvalue weighted by Crippen LogP contribution is -2.71. The maximum absolute atomic E-state index is 13.6. The van der Waals surface area contributed by atoms with E-state index in [0.29, 0.717) is 35.6 Å². The average molecular weight is 579 g/mol. The molecule has 3 fully saturated rings. The number of carbonyl (C=O) groups is 5. The third-order valence-electron chi connectivity index (χ3n) is 6.50. The number of urea groups is 2. The predicted molar refractivity (Wildman–Crippen MR) is 146 cm³/mol. The molecule has 0 aromatic carbocycles. The summed E-state index contributed by atoms with van der Waals surface area (Å²) in [5, 5.41) is 16.9. The van der Waals surface area contributed by atoms with Crippen LogP contribution in [0.5, 0.6) is 0 Å². The molecule has 0 saturated carbocycles. The number of fused-ring (bicyclic) bond motifs is 1. The number of aliphatic imine (C=N–C) groups is 1. The van der Waals surface area contributed by atoms with Crippen LogP contribution >= 0.6 is 35.3 Å². The van der Waals surface area contributed by atoms with E-state index in [1.54, 1.807) is 36.5 Å². The van der Waals surface area contributed by atoms with Gasteiger partial charge in [-0.15, -0.1) is 35.3 Å². The van der Waals surface area contributed by atoms with Gasteiger partial charge in [-0.2, -0.15) is 0 Å². The van der Waals surface area contributed by atoms with E-state index in [0.717, 1.165) is 16.4 Å². The van der Waals surface area contributed by atoms with Gasteiger partial charge in [-0.1, -0.05) is 6.08 Å². The van der Waals surface area contributed by atoms with E-state index in [1.165, 1.54) is 16.7 Å². The van der Waals surface area contributed by atoms with E-state index in [1.807, 2.05) is 12.2 Å². The topological polar surface area (TPSA) is 161 Å². The maximum Gasteiger partial charge on any atom is 0.352 e. The van der Waals surface area contributed by atoms with Crippen LogP contribution in [-0.2, 0) is 14.4 Å². The predicted octanol–water partition coefficient (Wildman–Crippen LogP) is 0.939.